The molecule has 3 heterocycles. The van der Waals surface area contributed by atoms with Gasteiger partial charge in [0.05, 0.1) is 33.6 Å². The van der Waals surface area contributed by atoms with Crippen LogP contribution in [0.3, 0.4) is 0 Å². The number of hydrogen-bond donors (Lipinski definition) is 1. The molecule has 1 aromatic carbocycles. The Balaban J connectivity index is 1.46. The molecular weight excluding hydrogens is 490 g/mol. The average Bonchev–Trinajstić information content (AvgIpc) is 3.16. The van der Waals surface area contributed by atoms with Crippen molar-refractivity contribution in [3.8, 4) is 0 Å². The van der Waals surface area contributed by atoms with E-state index >= 15 is 0 Å². The first-order valence-electron chi connectivity index (χ1n) is 11.1. The summed E-state index contributed by atoms with van der Waals surface area (Å²) in [4.78, 5) is 39.5. The Morgan fingerprint density at radius 2 is 2.09 bits per heavy atom. The number of carbonyl (C=O) groups is 2. The molecule has 1 aromatic heterocycles. The van der Waals surface area contributed by atoms with Crippen LogP contribution in [0.1, 0.15) is 18.9 Å². The van der Waals surface area contributed by atoms with Crippen LogP contribution in [0.15, 0.2) is 64.3 Å². The number of fused-ring (bicyclic) bond motifs is 1. The number of aliphatic hydroxyl groups is 1. The number of nitro benzene ring substituents is 1. The Morgan fingerprint density at radius 1 is 1.34 bits per heavy atom. The second kappa shape index (κ2) is 10.8. The molecule has 2 aliphatic rings. The Bertz CT molecular complexity index is 1170. The number of β-lactam (4-membered cyclic amide) rings is 1. The molecule has 1 fully saturated rings. The summed E-state index contributed by atoms with van der Waals surface area (Å²) < 4.78 is 7.57. The van der Waals surface area contributed by atoms with Gasteiger partial charge < -0.3 is 14.7 Å². The zero-order valence-corrected chi connectivity index (χ0v) is 21.0. The maximum absolute atomic E-state index is 13.1. The van der Waals surface area contributed by atoms with E-state index in [1.165, 1.54) is 40.9 Å². The SMILES string of the molecule is CSc1ccc[n+](CCSC2=C(C(=O)OCc3ccc([N+](=O)[O-])cc3)N3C(=O)[C@H]([C@@H](C)O)[C@H]3C2)c1. The highest BCUT2D eigenvalue weighted by Gasteiger charge is 2.57. The van der Waals surface area contributed by atoms with Gasteiger partial charge in [0.15, 0.2) is 18.9 Å². The number of ether oxygens (including phenoxy) is 1. The largest absolute Gasteiger partial charge is 0.456 e. The predicted molar refractivity (Wildman–Crippen MR) is 131 cm³/mol. The minimum Gasteiger partial charge on any atom is -0.456 e. The standard InChI is InChI=1S/C24H26N3O6S2/c1-15(28)21-19-12-20(35-11-10-25-9-3-4-18(13-25)34-2)22(26(19)23(21)29)24(30)33-14-16-5-7-17(8-6-16)27(31)32/h3-9,13,15,19,21,28H,10-12,14H2,1-2H3/q+1/t15-,19-,21-/m1/s1. The minimum absolute atomic E-state index is 0.0450. The molecule has 3 atom stereocenters. The fraction of sp³-hybridized carbons (Fsp3) is 0.375. The van der Waals surface area contributed by atoms with Gasteiger partial charge in [0.25, 0.3) is 5.69 Å². The summed E-state index contributed by atoms with van der Waals surface area (Å²) in [5.74, 6) is -0.712. The van der Waals surface area contributed by atoms with Gasteiger partial charge in [-0.3, -0.25) is 14.9 Å². The molecule has 1 saturated heterocycles. The number of thioether (sulfide) groups is 2. The molecule has 2 aliphatic heterocycles. The van der Waals surface area contributed by atoms with Gasteiger partial charge in [-0.05, 0) is 36.9 Å². The third-order valence-electron chi connectivity index (χ3n) is 6.09. The molecule has 0 spiro atoms. The molecule has 35 heavy (non-hydrogen) atoms. The average molecular weight is 517 g/mol. The van der Waals surface area contributed by atoms with E-state index in [2.05, 4.69) is 10.8 Å². The number of non-ortho nitro benzene ring substituents is 1. The van der Waals surface area contributed by atoms with Gasteiger partial charge in [0, 0.05) is 29.5 Å². The van der Waals surface area contributed by atoms with Crippen LogP contribution < -0.4 is 4.57 Å². The normalized spacial score (nSPS) is 19.9. The van der Waals surface area contributed by atoms with Crippen molar-refractivity contribution in [2.45, 2.75) is 43.5 Å². The lowest BCUT2D eigenvalue weighted by molar-refractivity contribution is -0.694. The van der Waals surface area contributed by atoms with Gasteiger partial charge >= 0.3 is 5.97 Å². The van der Waals surface area contributed by atoms with Crippen LogP contribution in [0.5, 0.6) is 0 Å². The first-order chi connectivity index (χ1) is 16.8. The summed E-state index contributed by atoms with van der Waals surface area (Å²) in [7, 11) is 0. The van der Waals surface area contributed by atoms with Gasteiger partial charge in [-0.15, -0.1) is 23.5 Å². The van der Waals surface area contributed by atoms with E-state index in [9.17, 15) is 24.8 Å². The molecule has 11 heteroatoms. The van der Waals surface area contributed by atoms with Crippen LogP contribution in [-0.4, -0.2) is 51.0 Å². The number of nitro groups is 1. The van der Waals surface area contributed by atoms with Crippen LogP contribution in [0, 0.1) is 16.0 Å². The van der Waals surface area contributed by atoms with Crippen molar-refractivity contribution in [2.24, 2.45) is 5.92 Å². The van der Waals surface area contributed by atoms with E-state index in [1.54, 1.807) is 18.7 Å². The number of hydrogen-bond acceptors (Lipinski definition) is 8. The zero-order valence-electron chi connectivity index (χ0n) is 19.3. The number of pyridine rings is 1. The van der Waals surface area contributed by atoms with E-state index in [4.69, 9.17) is 4.74 Å². The smallest absolute Gasteiger partial charge is 0.356 e. The van der Waals surface area contributed by atoms with E-state index in [-0.39, 0.29) is 29.9 Å². The number of aromatic nitrogens is 1. The molecule has 4 rings (SSSR count). The van der Waals surface area contributed by atoms with Crippen molar-refractivity contribution in [2.75, 3.05) is 12.0 Å². The van der Waals surface area contributed by atoms with E-state index < -0.39 is 22.9 Å². The van der Waals surface area contributed by atoms with Gasteiger partial charge in [-0.1, -0.05) is 0 Å². The number of benzene rings is 1. The van der Waals surface area contributed by atoms with E-state index in [0.29, 0.717) is 17.7 Å². The zero-order chi connectivity index (χ0) is 25.1. The lowest BCUT2D eigenvalue weighted by Gasteiger charge is -2.44. The molecule has 0 saturated carbocycles. The quantitative estimate of drug-likeness (QED) is 0.128. The Labute approximate surface area is 211 Å². The number of nitrogens with zero attached hydrogens (tertiary/aromatic N) is 3. The van der Waals surface area contributed by atoms with Crippen LogP contribution in [-0.2, 0) is 27.5 Å². The van der Waals surface area contributed by atoms with Gasteiger partial charge in [0.1, 0.15) is 12.3 Å². The lowest BCUT2D eigenvalue weighted by atomic mass is 9.83. The molecule has 1 N–H and O–H groups in total. The topological polar surface area (TPSA) is 114 Å². The van der Waals surface area contributed by atoms with Crippen molar-refractivity contribution in [3.63, 3.8) is 0 Å². The Morgan fingerprint density at radius 3 is 2.74 bits per heavy atom. The summed E-state index contributed by atoms with van der Waals surface area (Å²) in [5, 5.41) is 20.9. The lowest BCUT2D eigenvalue weighted by Crippen LogP contribution is -2.61. The molecule has 0 bridgehead atoms. The maximum atomic E-state index is 13.1. The second-order valence-corrected chi connectivity index (χ2v) is 10.4. The van der Waals surface area contributed by atoms with Crippen molar-refractivity contribution < 1.29 is 28.9 Å². The molecule has 0 radical (unpaired) electrons. The van der Waals surface area contributed by atoms with Gasteiger partial charge in [-0.2, -0.15) is 0 Å². The highest BCUT2D eigenvalue weighted by molar-refractivity contribution is 8.03. The number of amides is 1. The van der Waals surface area contributed by atoms with Crippen LogP contribution in [0.4, 0.5) is 5.69 Å². The molecule has 0 aliphatic carbocycles. The molecule has 0 unspecified atom stereocenters. The molecule has 184 valence electrons. The van der Waals surface area contributed by atoms with Crippen molar-refractivity contribution in [1.29, 1.82) is 0 Å². The summed E-state index contributed by atoms with van der Waals surface area (Å²) >= 11 is 3.18. The first-order valence-corrected chi connectivity index (χ1v) is 13.3. The molecule has 1 amide bonds. The first kappa shape index (κ1) is 25.2. The Kier molecular flexibility index (Phi) is 7.78. The van der Waals surface area contributed by atoms with E-state index in [1.807, 2.05) is 24.6 Å². The van der Waals surface area contributed by atoms with Crippen LogP contribution >= 0.6 is 23.5 Å². The van der Waals surface area contributed by atoms with E-state index in [0.717, 1.165) is 16.3 Å². The minimum atomic E-state index is -0.796. The fourth-order valence-corrected chi connectivity index (χ4v) is 5.92. The summed E-state index contributed by atoms with van der Waals surface area (Å²) in [6.45, 7) is 2.25. The maximum Gasteiger partial charge on any atom is 0.356 e. The number of rotatable bonds is 10. The third kappa shape index (κ3) is 5.36. The summed E-state index contributed by atoms with van der Waals surface area (Å²) in [6.07, 6.45) is 5.78. The summed E-state index contributed by atoms with van der Waals surface area (Å²) in [6, 6.07) is 9.55. The van der Waals surface area contributed by atoms with Crippen LogP contribution in [0.2, 0.25) is 0 Å². The molecule has 2 aromatic rings. The molecule has 9 nitrogen and oxygen atoms in total. The fourth-order valence-electron chi connectivity index (χ4n) is 4.31. The summed E-state index contributed by atoms with van der Waals surface area (Å²) in [5.41, 5.74) is 0.804. The third-order valence-corrected chi connectivity index (χ3v) is 7.90. The highest BCUT2D eigenvalue weighted by atomic mass is 32.2. The molecular formula is C24H26N3O6S2+. The van der Waals surface area contributed by atoms with Crippen molar-refractivity contribution >= 4 is 41.1 Å². The number of esters is 1. The highest BCUT2D eigenvalue weighted by Crippen LogP contribution is 2.47. The Hall–Kier alpha value is -2.89. The van der Waals surface area contributed by atoms with Crippen molar-refractivity contribution in [3.05, 3.63) is 75.1 Å². The number of aliphatic hydroxyl groups excluding tert-OH is 1. The monoisotopic (exact) mass is 516 g/mol. The van der Waals surface area contributed by atoms with Crippen LogP contribution in [0.25, 0.3) is 0 Å². The van der Waals surface area contributed by atoms with Gasteiger partial charge in [-0.25, -0.2) is 9.36 Å². The number of carbonyl (C=O) groups excluding carboxylic acids is 2. The second-order valence-electron chi connectivity index (χ2n) is 8.35. The van der Waals surface area contributed by atoms with Crippen molar-refractivity contribution in [1.82, 2.24) is 4.90 Å². The van der Waals surface area contributed by atoms with Gasteiger partial charge in [0.2, 0.25) is 5.91 Å². The predicted octanol–water partition coefficient (Wildman–Crippen LogP) is 2.90. The number of aryl methyl sites for hydroxylation is 1.